The molecular formula is C22H24O4. The van der Waals surface area contributed by atoms with Crippen molar-refractivity contribution < 1.29 is 19.1 Å². The second-order valence-corrected chi connectivity index (χ2v) is 7.44. The van der Waals surface area contributed by atoms with Crippen LogP contribution < -0.4 is 9.47 Å². The van der Waals surface area contributed by atoms with E-state index in [0.29, 0.717) is 22.6 Å². The van der Waals surface area contributed by atoms with Gasteiger partial charge in [0.05, 0.1) is 0 Å². The summed E-state index contributed by atoms with van der Waals surface area (Å²) in [5, 5.41) is 0. The highest BCUT2D eigenvalue weighted by Gasteiger charge is 2.32. The molecule has 0 N–H and O–H groups in total. The molecule has 0 bridgehead atoms. The van der Waals surface area contributed by atoms with Crippen LogP contribution >= 0.6 is 0 Å². The molecule has 0 unspecified atom stereocenters. The van der Waals surface area contributed by atoms with Gasteiger partial charge in [0, 0.05) is 0 Å². The number of hydrogen-bond acceptors (Lipinski definition) is 4. The predicted octanol–water partition coefficient (Wildman–Crippen LogP) is 5.30. The molecule has 0 fully saturated rings. The fraction of sp³-hybridized carbons (Fsp3) is 0.364. The van der Waals surface area contributed by atoms with Crippen LogP contribution in [0.4, 0.5) is 0 Å². The normalized spacial score (nSPS) is 13.7. The molecule has 0 radical (unpaired) electrons. The Morgan fingerprint density at radius 2 is 1.00 bits per heavy atom. The second-order valence-electron chi connectivity index (χ2n) is 7.44. The van der Waals surface area contributed by atoms with E-state index in [2.05, 4.69) is 0 Å². The molecular weight excluding hydrogens is 328 g/mol. The number of carbonyl (C=O) groups excluding carboxylic acids is 2. The molecule has 1 heterocycles. The maximum Gasteiger partial charge on any atom is 0.347 e. The third-order valence-corrected chi connectivity index (χ3v) is 4.82. The summed E-state index contributed by atoms with van der Waals surface area (Å²) in [6, 6.07) is 7.54. The molecule has 26 heavy (non-hydrogen) atoms. The second kappa shape index (κ2) is 6.60. The van der Waals surface area contributed by atoms with Crippen LogP contribution in [-0.4, -0.2) is 11.9 Å². The standard InChI is InChI=1S/C22H24O4/c1-11(2)15-9-7-13(5)19-17(15)21(23)26-20-14(6)8-10-16(12(3)4)18(20)22(24)25-19/h7-12H,1-6H3. The van der Waals surface area contributed by atoms with E-state index in [1.54, 1.807) is 0 Å². The Labute approximate surface area is 154 Å². The fourth-order valence-corrected chi connectivity index (χ4v) is 3.34. The van der Waals surface area contributed by atoms with Gasteiger partial charge in [-0.15, -0.1) is 0 Å². The van der Waals surface area contributed by atoms with Gasteiger partial charge in [-0.25, -0.2) is 9.59 Å². The fourth-order valence-electron chi connectivity index (χ4n) is 3.34. The Kier molecular flexibility index (Phi) is 4.61. The van der Waals surface area contributed by atoms with E-state index in [1.165, 1.54) is 0 Å². The lowest BCUT2D eigenvalue weighted by Crippen LogP contribution is -2.24. The van der Waals surface area contributed by atoms with Crippen molar-refractivity contribution in [2.24, 2.45) is 0 Å². The van der Waals surface area contributed by atoms with Crippen LogP contribution in [0.25, 0.3) is 0 Å². The molecule has 0 saturated heterocycles. The predicted molar refractivity (Wildman–Crippen MR) is 100 cm³/mol. The first kappa shape index (κ1) is 18.2. The van der Waals surface area contributed by atoms with E-state index >= 15 is 0 Å². The number of rotatable bonds is 2. The monoisotopic (exact) mass is 352 g/mol. The molecule has 0 amide bonds. The highest BCUT2D eigenvalue weighted by molar-refractivity contribution is 6.04. The van der Waals surface area contributed by atoms with Crippen molar-refractivity contribution in [1.29, 1.82) is 0 Å². The van der Waals surface area contributed by atoms with Crippen LogP contribution in [0.5, 0.6) is 11.5 Å². The molecule has 3 rings (SSSR count). The largest absolute Gasteiger partial charge is 0.422 e. The zero-order valence-electron chi connectivity index (χ0n) is 16.1. The maximum absolute atomic E-state index is 13.0. The summed E-state index contributed by atoms with van der Waals surface area (Å²) in [6.45, 7) is 11.6. The van der Waals surface area contributed by atoms with Crippen molar-refractivity contribution >= 4 is 11.9 Å². The highest BCUT2D eigenvalue weighted by Crippen LogP contribution is 2.39. The molecule has 0 atom stereocenters. The summed E-state index contributed by atoms with van der Waals surface area (Å²) in [7, 11) is 0. The highest BCUT2D eigenvalue weighted by atomic mass is 16.6. The number of hydrogen-bond donors (Lipinski definition) is 0. The SMILES string of the molecule is Cc1ccc(C(C)C)c2c1OC(=O)c1c(C(C)C)ccc(C)c1OC2=O. The van der Waals surface area contributed by atoms with Crippen LogP contribution in [0.1, 0.15) is 82.5 Å². The van der Waals surface area contributed by atoms with Gasteiger partial charge in [0.15, 0.2) is 0 Å². The minimum absolute atomic E-state index is 0.0950. The van der Waals surface area contributed by atoms with Gasteiger partial charge in [0.1, 0.15) is 22.6 Å². The van der Waals surface area contributed by atoms with Gasteiger partial charge < -0.3 is 9.47 Å². The van der Waals surface area contributed by atoms with Gasteiger partial charge >= 0.3 is 11.9 Å². The summed E-state index contributed by atoms with van der Waals surface area (Å²) in [6.07, 6.45) is 0. The van der Waals surface area contributed by atoms with Crippen LogP contribution in [0.2, 0.25) is 0 Å². The summed E-state index contributed by atoms with van der Waals surface area (Å²) in [5.74, 6) is -0.174. The summed E-state index contributed by atoms with van der Waals surface area (Å²) in [4.78, 5) is 26.1. The van der Waals surface area contributed by atoms with Gasteiger partial charge in [-0.05, 0) is 47.9 Å². The van der Waals surface area contributed by atoms with Gasteiger partial charge in [0.25, 0.3) is 0 Å². The summed E-state index contributed by atoms with van der Waals surface area (Å²) < 4.78 is 11.5. The minimum Gasteiger partial charge on any atom is -0.422 e. The Morgan fingerprint density at radius 3 is 1.31 bits per heavy atom. The van der Waals surface area contributed by atoms with Crippen LogP contribution in [0.3, 0.4) is 0 Å². The summed E-state index contributed by atoms with van der Waals surface area (Å²) in [5.41, 5.74) is 3.77. The van der Waals surface area contributed by atoms with E-state index in [9.17, 15) is 9.59 Å². The number of carbonyl (C=O) groups is 2. The first-order chi connectivity index (χ1) is 12.2. The third-order valence-electron chi connectivity index (χ3n) is 4.82. The lowest BCUT2D eigenvalue weighted by Gasteiger charge is -2.24. The molecule has 0 spiro atoms. The zero-order chi connectivity index (χ0) is 19.2. The van der Waals surface area contributed by atoms with E-state index in [0.717, 1.165) is 22.3 Å². The third kappa shape index (κ3) is 2.90. The quantitative estimate of drug-likeness (QED) is 0.543. The Morgan fingerprint density at radius 1 is 0.654 bits per heavy atom. The summed E-state index contributed by atoms with van der Waals surface area (Å²) >= 11 is 0. The van der Waals surface area contributed by atoms with Gasteiger partial charge in [-0.2, -0.15) is 0 Å². The van der Waals surface area contributed by atoms with Gasteiger partial charge in [-0.1, -0.05) is 52.0 Å². The number of fused-ring (bicyclic) bond motifs is 2. The van der Waals surface area contributed by atoms with Crippen molar-refractivity contribution in [2.45, 2.75) is 53.4 Å². The van der Waals surface area contributed by atoms with Gasteiger partial charge in [0.2, 0.25) is 0 Å². The molecule has 2 aromatic rings. The van der Waals surface area contributed by atoms with E-state index < -0.39 is 11.9 Å². The van der Waals surface area contributed by atoms with E-state index in [1.807, 2.05) is 65.8 Å². The minimum atomic E-state index is -0.481. The number of aryl methyl sites for hydroxylation is 2. The average molecular weight is 352 g/mol. The Bertz CT molecular complexity index is 831. The molecule has 0 aliphatic carbocycles. The molecule has 2 aromatic carbocycles. The first-order valence-corrected chi connectivity index (χ1v) is 8.93. The molecule has 136 valence electrons. The van der Waals surface area contributed by atoms with Crippen molar-refractivity contribution in [3.05, 3.63) is 57.6 Å². The van der Waals surface area contributed by atoms with E-state index in [-0.39, 0.29) is 11.8 Å². The molecule has 1 aliphatic rings. The van der Waals surface area contributed by atoms with E-state index in [4.69, 9.17) is 9.47 Å². The van der Waals surface area contributed by atoms with Crippen LogP contribution in [0, 0.1) is 13.8 Å². The van der Waals surface area contributed by atoms with Crippen LogP contribution in [-0.2, 0) is 0 Å². The molecule has 4 nitrogen and oxygen atoms in total. The lowest BCUT2D eigenvalue weighted by molar-refractivity contribution is 0.0663. The lowest BCUT2D eigenvalue weighted by atomic mass is 9.92. The van der Waals surface area contributed by atoms with Crippen molar-refractivity contribution in [3.8, 4) is 11.5 Å². The molecule has 4 heteroatoms. The maximum atomic E-state index is 13.0. The van der Waals surface area contributed by atoms with Crippen molar-refractivity contribution in [3.63, 3.8) is 0 Å². The topological polar surface area (TPSA) is 52.6 Å². The average Bonchev–Trinajstić information content (AvgIpc) is 2.56. The molecule has 1 aliphatic heterocycles. The molecule has 0 saturated carbocycles. The number of ether oxygens (including phenoxy) is 2. The smallest absolute Gasteiger partial charge is 0.347 e. The van der Waals surface area contributed by atoms with Crippen molar-refractivity contribution in [1.82, 2.24) is 0 Å². The Balaban J connectivity index is 2.28. The van der Waals surface area contributed by atoms with Gasteiger partial charge in [-0.3, -0.25) is 0 Å². The zero-order valence-corrected chi connectivity index (χ0v) is 16.1. The Hall–Kier alpha value is -2.62. The van der Waals surface area contributed by atoms with Crippen molar-refractivity contribution in [2.75, 3.05) is 0 Å². The first-order valence-electron chi connectivity index (χ1n) is 8.93. The van der Waals surface area contributed by atoms with Crippen LogP contribution in [0.15, 0.2) is 24.3 Å². The number of esters is 2. The number of benzene rings is 2. The molecule has 0 aromatic heterocycles.